The molecule has 0 amide bonds. The van der Waals surface area contributed by atoms with Crippen molar-refractivity contribution in [3.05, 3.63) is 108 Å². The molecule has 5 rings (SSSR count). The fraction of sp³-hybridized carbons (Fsp3) is 0.438. The van der Waals surface area contributed by atoms with Crippen LogP contribution >= 0.6 is 0 Å². The van der Waals surface area contributed by atoms with Gasteiger partial charge in [0.15, 0.2) is 0 Å². The van der Waals surface area contributed by atoms with E-state index in [4.69, 9.17) is 0 Å². The van der Waals surface area contributed by atoms with Crippen molar-refractivity contribution in [1.82, 2.24) is 9.80 Å². The van der Waals surface area contributed by atoms with E-state index in [2.05, 4.69) is 101 Å². The van der Waals surface area contributed by atoms with E-state index in [-0.39, 0.29) is 0 Å². The quantitative estimate of drug-likeness (QED) is 0.386. The first-order valence-corrected chi connectivity index (χ1v) is 13.4. The first kappa shape index (κ1) is 23.3. The Balaban J connectivity index is 1.08. The Morgan fingerprint density at radius 2 is 1.03 bits per heavy atom. The van der Waals surface area contributed by atoms with Gasteiger partial charge in [-0.1, -0.05) is 91.0 Å². The lowest BCUT2D eigenvalue weighted by atomic mass is 9.88. The van der Waals surface area contributed by atoms with Crippen LogP contribution < -0.4 is 0 Å². The van der Waals surface area contributed by atoms with Crippen molar-refractivity contribution in [3.63, 3.8) is 0 Å². The summed E-state index contributed by atoms with van der Waals surface area (Å²) in [5.41, 5.74) is 4.39. The van der Waals surface area contributed by atoms with Gasteiger partial charge in [0, 0.05) is 19.0 Å². The number of benzene rings is 3. The van der Waals surface area contributed by atoms with Gasteiger partial charge >= 0.3 is 0 Å². The molecule has 2 aliphatic rings. The van der Waals surface area contributed by atoms with E-state index in [1.54, 1.807) is 0 Å². The minimum atomic E-state index is 0.461. The van der Waals surface area contributed by atoms with E-state index < -0.39 is 0 Å². The highest BCUT2D eigenvalue weighted by Crippen LogP contribution is 2.29. The van der Waals surface area contributed by atoms with Gasteiger partial charge in [-0.25, -0.2) is 0 Å². The molecule has 2 fully saturated rings. The minimum absolute atomic E-state index is 0.461. The Hall–Kier alpha value is -2.42. The number of hydrogen-bond acceptors (Lipinski definition) is 2. The predicted octanol–water partition coefficient (Wildman–Crippen LogP) is 6.49. The molecule has 3 aromatic carbocycles. The summed E-state index contributed by atoms with van der Waals surface area (Å²) in [4.78, 5) is 5.48. The molecular weight excluding hydrogens is 412 g/mol. The van der Waals surface area contributed by atoms with Crippen LogP contribution in [0.4, 0.5) is 0 Å². The second-order valence-corrected chi connectivity index (χ2v) is 10.6. The van der Waals surface area contributed by atoms with Gasteiger partial charge in [-0.05, 0) is 86.8 Å². The standard InChI is InChI=1S/C32H40N2/c1-4-10-27(11-5-1)24-28-16-20-33(21-17-28)25-29-18-22-34(23-19-29)26-32(30-12-6-2-7-13-30)31-14-8-3-9-15-31/h1-15,28-29,32H,16-26H2. The fourth-order valence-electron chi connectivity index (χ4n) is 6.07. The lowest BCUT2D eigenvalue weighted by Gasteiger charge is -2.38. The molecule has 34 heavy (non-hydrogen) atoms. The monoisotopic (exact) mass is 452 g/mol. The molecule has 0 aliphatic carbocycles. The summed E-state index contributed by atoms with van der Waals surface area (Å²) in [7, 11) is 0. The summed E-state index contributed by atoms with van der Waals surface area (Å²) in [5.74, 6) is 2.20. The van der Waals surface area contributed by atoms with Crippen LogP contribution in [0.15, 0.2) is 91.0 Å². The molecule has 2 nitrogen and oxygen atoms in total. The third kappa shape index (κ3) is 6.37. The molecule has 0 atom stereocenters. The topological polar surface area (TPSA) is 6.48 Å². The molecule has 2 saturated heterocycles. The van der Waals surface area contributed by atoms with Crippen molar-refractivity contribution < 1.29 is 0 Å². The Morgan fingerprint density at radius 1 is 0.559 bits per heavy atom. The summed E-state index contributed by atoms with van der Waals surface area (Å²) in [5, 5.41) is 0. The zero-order chi connectivity index (χ0) is 23.0. The van der Waals surface area contributed by atoms with Crippen LogP contribution in [0.3, 0.4) is 0 Å². The molecule has 0 radical (unpaired) electrons. The van der Waals surface area contributed by atoms with Crippen LogP contribution in [0.1, 0.15) is 48.3 Å². The van der Waals surface area contributed by atoms with Gasteiger partial charge in [0.2, 0.25) is 0 Å². The molecular formula is C32H40N2. The molecule has 0 bridgehead atoms. The van der Waals surface area contributed by atoms with Gasteiger partial charge in [0.05, 0.1) is 0 Å². The van der Waals surface area contributed by atoms with E-state index in [1.165, 1.54) is 81.5 Å². The summed E-state index contributed by atoms with van der Waals surface area (Å²) >= 11 is 0. The third-order valence-electron chi connectivity index (χ3n) is 8.14. The number of nitrogens with zero attached hydrogens (tertiary/aromatic N) is 2. The summed E-state index contributed by atoms with van der Waals surface area (Å²) < 4.78 is 0. The zero-order valence-corrected chi connectivity index (χ0v) is 20.6. The third-order valence-corrected chi connectivity index (χ3v) is 8.14. The molecule has 2 heterocycles. The second-order valence-electron chi connectivity index (χ2n) is 10.6. The van der Waals surface area contributed by atoms with Crippen LogP contribution in [0.5, 0.6) is 0 Å². The van der Waals surface area contributed by atoms with Crippen LogP contribution in [0.25, 0.3) is 0 Å². The lowest BCUT2D eigenvalue weighted by Crippen LogP contribution is -2.42. The number of hydrogen-bond donors (Lipinski definition) is 0. The number of likely N-dealkylation sites (tertiary alicyclic amines) is 2. The average molecular weight is 453 g/mol. The van der Waals surface area contributed by atoms with Gasteiger partial charge < -0.3 is 9.80 Å². The van der Waals surface area contributed by atoms with E-state index in [0.29, 0.717) is 5.92 Å². The highest BCUT2D eigenvalue weighted by molar-refractivity contribution is 5.32. The fourth-order valence-corrected chi connectivity index (χ4v) is 6.07. The summed E-state index contributed by atoms with van der Waals surface area (Å²) in [6.45, 7) is 7.51. The smallest absolute Gasteiger partial charge is 0.0217 e. The Morgan fingerprint density at radius 3 is 1.59 bits per heavy atom. The van der Waals surface area contributed by atoms with Gasteiger partial charge in [0.1, 0.15) is 0 Å². The first-order valence-electron chi connectivity index (χ1n) is 13.4. The van der Waals surface area contributed by atoms with Crippen molar-refractivity contribution in [2.75, 3.05) is 39.3 Å². The molecule has 2 heteroatoms. The van der Waals surface area contributed by atoms with E-state index >= 15 is 0 Å². The zero-order valence-electron chi connectivity index (χ0n) is 20.6. The van der Waals surface area contributed by atoms with Gasteiger partial charge in [-0.3, -0.25) is 0 Å². The van der Waals surface area contributed by atoms with E-state index in [0.717, 1.165) is 18.4 Å². The molecule has 0 spiro atoms. The van der Waals surface area contributed by atoms with Crippen LogP contribution in [-0.4, -0.2) is 49.1 Å². The van der Waals surface area contributed by atoms with Crippen molar-refractivity contribution in [3.8, 4) is 0 Å². The molecule has 178 valence electrons. The van der Waals surface area contributed by atoms with Crippen molar-refractivity contribution in [2.24, 2.45) is 11.8 Å². The maximum Gasteiger partial charge on any atom is 0.0217 e. The van der Waals surface area contributed by atoms with Gasteiger partial charge in [-0.2, -0.15) is 0 Å². The maximum absolute atomic E-state index is 2.76. The molecule has 0 aromatic heterocycles. The highest BCUT2D eigenvalue weighted by atomic mass is 15.2. The van der Waals surface area contributed by atoms with Crippen LogP contribution in [-0.2, 0) is 6.42 Å². The number of piperidine rings is 2. The largest absolute Gasteiger partial charge is 0.303 e. The SMILES string of the molecule is c1ccc(CC2CCN(CC3CCN(CC(c4ccccc4)c4ccccc4)CC3)CC2)cc1. The minimum Gasteiger partial charge on any atom is -0.303 e. The molecule has 0 saturated carbocycles. The Labute approximate surface area is 206 Å². The maximum atomic E-state index is 2.76. The molecule has 2 aliphatic heterocycles. The van der Waals surface area contributed by atoms with Crippen molar-refractivity contribution >= 4 is 0 Å². The summed E-state index contributed by atoms with van der Waals surface area (Å²) in [6.07, 6.45) is 6.69. The lowest BCUT2D eigenvalue weighted by molar-refractivity contribution is 0.116. The van der Waals surface area contributed by atoms with Crippen LogP contribution in [0.2, 0.25) is 0 Å². The van der Waals surface area contributed by atoms with Crippen LogP contribution in [0, 0.1) is 11.8 Å². The van der Waals surface area contributed by atoms with Crippen molar-refractivity contribution in [1.29, 1.82) is 0 Å². The Bertz CT molecular complexity index is 916. The Kier molecular flexibility index (Phi) is 8.11. The van der Waals surface area contributed by atoms with Gasteiger partial charge in [-0.15, -0.1) is 0 Å². The highest BCUT2D eigenvalue weighted by Gasteiger charge is 2.26. The first-order chi connectivity index (χ1) is 16.8. The predicted molar refractivity (Wildman–Crippen MR) is 143 cm³/mol. The normalized spacial score (nSPS) is 19.0. The molecule has 0 N–H and O–H groups in total. The second kappa shape index (κ2) is 11.8. The molecule has 0 unspecified atom stereocenters. The van der Waals surface area contributed by atoms with E-state index in [9.17, 15) is 0 Å². The van der Waals surface area contributed by atoms with Crippen molar-refractivity contribution in [2.45, 2.75) is 38.0 Å². The average Bonchev–Trinajstić information content (AvgIpc) is 2.91. The molecule has 3 aromatic rings. The summed E-state index contributed by atoms with van der Waals surface area (Å²) in [6, 6.07) is 33.2. The van der Waals surface area contributed by atoms with Gasteiger partial charge in [0.25, 0.3) is 0 Å². The number of rotatable bonds is 8. The van der Waals surface area contributed by atoms with E-state index in [1.807, 2.05) is 0 Å².